The molecule has 0 aliphatic carbocycles. The summed E-state index contributed by atoms with van der Waals surface area (Å²) in [6, 6.07) is 14.5. The minimum absolute atomic E-state index is 0.213. The molecule has 20 heavy (non-hydrogen) atoms. The van der Waals surface area contributed by atoms with Gasteiger partial charge in [0.15, 0.2) is 0 Å². The van der Waals surface area contributed by atoms with Crippen LogP contribution in [0.15, 0.2) is 42.5 Å². The van der Waals surface area contributed by atoms with Gasteiger partial charge >= 0.3 is 0 Å². The second-order valence-corrected chi connectivity index (χ2v) is 5.17. The van der Waals surface area contributed by atoms with E-state index in [2.05, 4.69) is 38.1 Å². The highest BCUT2D eigenvalue weighted by Crippen LogP contribution is 2.27. The van der Waals surface area contributed by atoms with Crippen LogP contribution >= 0.6 is 0 Å². The van der Waals surface area contributed by atoms with E-state index < -0.39 is 0 Å². The predicted molar refractivity (Wildman–Crippen MR) is 82.1 cm³/mol. The molecule has 0 bridgehead atoms. The molecule has 2 aromatic rings. The minimum atomic E-state index is 0.213. The standard InChI is InChI=1S/C18H22O2/c1-14-11-15(2)18(17(12-14)9-6-10-19)20-13-16-7-4-3-5-8-16/h3-5,7-8,11-12,19H,6,9-10,13H2,1-2H3. The zero-order valence-electron chi connectivity index (χ0n) is 12.2. The summed E-state index contributed by atoms with van der Waals surface area (Å²) in [5, 5.41) is 9.02. The van der Waals surface area contributed by atoms with E-state index in [0.717, 1.165) is 24.2 Å². The van der Waals surface area contributed by atoms with E-state index in [0.29, 0.717) is 6.61 Å². The summed E-state index contributed by atoms with van der Waals surface area (Å²) in [6.07, 6.45) is 1.62. The summed E-state index contributed by atoms with van der Waals surface area (Å²) < 4.78 is 6.02. The third kappa shape index (κ3) is 3.84. The fourth-order valence-corrected chi connectivity index (χ4v) is 2.43. The van der Waals surface area contributed by atoms with Crippen LogP contribution in [0.3, 0.4) is 0 Å². The van der Waals surface area contributed by atoms with Gasteiger partial charge in [0, 0.05) is 6.61 Å². The van der Waals surface area contributed by atoms with E-state index >= 15 is 0 Å². The smallest absolute Gasteiger partial charge is 0.125 e. The molecule has 106 valence electrons. The molecule has 2 heteroatoms. The topological polar surface area (TPSA) is 29.5 Å². The number of hydrogen-bond acceptors (Lipinski definition) is 2. The summed E-state index contributed by atoms with van der Waals surface area (Å²) in [5.74, 6) is 0.966. The first-order chi connectivity index (χ1) is 9.70. The SMILES string of the molecule is Cc1cc(C)c(OCc2ccccc2)c(CCCO)c1. The summed E-state index contributed by atoms with van der Waals surface area (Å²) in [7, 11) is 0. The molecule has 2 nitrogen and oxygen atoms in total. The molecule has 2 rings (SSSR count). The predicted octanol–water partition coefficient (Wildman–Crippen LogP) is 3.81. The minimum Gasteiger partial charge on any atom is -0.488 e. The number of aliphatic hydroxyl groups is 1. The van der Waals surface area contributed by atoms with Crippen LogP contribution in [0.5, 0.6) is 5.75 Å². The number of rotatable bonds is 6. The first-order valence-electron chi connectivity index (χ1n) is 7.08. The largest absolute Gasteiger partial charge is 0.488 e. The molecule has 2 aromatic carbocycles. The molecular formula is C18H22O2. The van der Waals surface area contributed by atoms with Crippen molar-refractivity contribution >= 4 is 0 Å². The zero-order chi connectivity index (χ0) is 14.4. The first-order valence-corrected chi connectivity index (χ1v) is 7.08. The van der Waals surface area contributed by atoms with Gasteiger partial charge in [0.1, 0.15) is 12.4 Å². The van der Waals surface area contributed by atoms with Crippen molar-refractivity contribution in [2.24, 2.45) is 0 Å². The van der Waals surface area contributed by atoms with Gasteiger partial charge < -0.3 is 9.84 Å². The molecule has 0 aliphatic rings. The Morgan fingerprint density at radius 3 is 2.50 bits per heavy atom. The first kappa shape index (κ1) is 14.6. The van der Waals surface area contributed by atoms with Crippen molar-refractivity contribution < 1.29 is 9.84 Å². The van der Waals surface area contributed by atoms with Gasteiger partial charge in [-0.25, -0.2) is 0 Å². The van der Waals surface area contributed by atoms with Crippen LogP contribution in [-0.2, 0) is 13.0 Å². The Morgan fingerprint density at radius 1 is 1.05 bits per heavy atom. The number of ether oxygens (including phenoxy) is 1. The lowest BCUT2D eigenvalue weighted by atomic mass is 10.0. The molecule has 0 aliphatic heterocycles. The Hall–Kier alpha value is -1.80. The van der Waals surface area contributed by atoms with E-state index in [4.69, 9.17) is 9.84 Å². The van der Waals surface area contributed by atoms with E-state index in [9.17, 15) is 0 Å². The molecule has 0 spiro atoms. The molecule has 0 radical (unpaired) electrons. The molecule has 0 atom stereocenters. The maximum absolute atomic E-state index is 9.02. The fourth-order valence-electron chi connectivity index (χ4n) is 2.43. The Bertz CT molecular complexity index is 547. The highest BCUT2D eigenvalue weighted by atomic mass is 16.5. The molecule has 0 saturated carbocycles. The van der Waals surface area contributed by atoms with Crippen molar-refractivity contribution in [2.75, 3.05) is 6.61 Å². The van der Waals surface area contributed by atoms with E-state index in [1.807, 2.05) is 18.2 Å². The van der Waals surface area contributed by atoms with Crippen LogP contribution < -0.4 is 4.74 Å². The number of hydrogen-bond donors (Lipinski definition) is 1. The Labute approximate surface area is 121 Å². The van der Waals surface area contributed by atoms with Gasteiger partial charge in [0.2, 0.25) is 0 Å². The molecule has 1 N–H and O–H groups in total. The molecule has 0 heterocycles. The second-order valence-electron chi connectivity index (χ2n) is 5.17. The molecule has 0 saturated heterocycles. The number of aryl methyl sites for hydroxylation is 3. The Balaban J connectivity index is 2.16. The summed E-state index contributed by atoms with van der Waals surface area (Å²) >= 11 is 0. The van der Waals surface area contributed by atoms with Crippen LogP contribution in [0.25, 0.3) is 0 Å². The average Bonchev–Trinajstić information content (AvgIpc) is 2.45. The van der Waals surface area contributed by atoms with Gasteiger partial charge in [-0.1, -0.05) is 48.0 Å². The summed E-state index contributed by atoms with van der Waals surface area (Å²) in [6.45, 7) is 4.97. The lowest BCUT2D eigenvalue weighted by molar-refractivity contribution is 0.282. The average molecular weight is 270 g/mol. The normalized spacial score (nSPS) is 10.6. The highest BCUT2D eigenvalue weighted by Gasteiger charge is 2.08. The lowest BCUT2D eigenvalue weighted by Gasteiger charge is -2.15. The van der Waals surface area contributed by atoms with Crippen LogP contribution in [0.2, 0.25) is 0 Å². The zero-order valence-corrected chi connectivity index (χ0v) is 12.2. The Kier molecular flexibility index (Phi) is 5.19. The van der Waals surface area contributed by atoms with Gasteiger partial charge in [0.05, 0.1) is 0 Å². The van der Waals surface area contributed by atoms with Crippen molar-refractivity contribution in [3.8, 4) is 5.75 Å². The summed E-state index contributed by atoms with van der Waals surface area (Å²) in [4.78, 5) is 0. The van der Waals surface area contributed by atoms with Crippen molar-refractivity contribution in [3.63, 3.8) is 0 Å². The van der Waals surface area contributed by atoms with Crippen molar-refractivity contribution in [3.05, 3.63) is 64.7 Å². The highest BCUT2D eigenvalue weighted by molar-refractivity contribution is 5.44. The second kappa shape index (κ2) is 7.11. The molecular weight excluding hydrogens is 248 g/mol. The Morgan fingerprint density at radius 2 is 1.80 bits per heavy atom. The maximum Gasteiger partial charge on any atom is 0.125 e. The van der Waals surface area contributed by atoms with E-state index in [1.54, 1.807) is 0 Å². The quantitative estimate of drug-likeness (QED) is 0.865. The molecule has 0 fully saturated rings. The third-order valence-corrected chi connectivity index (χ3v) is 3.33. The third-order valence-electron chi connectivity index (χ3n) is 3.33. The van der Waals surface area contributed by atoms with Crippen LogP contribution in [-0.4, -0.2) is 11.7 Å². The number of benzene rings is 2. The molecule has 0 unspecified atom stereocenters. The van der Waals surface area contributed by atoms with Gasteiger partial charge in [-0.15, -0.1) is 0 Å². The van der Waals surface area contributed by atoms with Crippen LogP contribution in [0, 0.1) is 13.8 Å². The van der Waals surface area contributed by atoms with Crippen molar-refractivity contribution in [1.82, 2.24) is 0 Å². The molecule has 0 amide bonds. The lowest BCUT2D eigenvalue weighted by Crippen LogP contribution is -2.02. The summed E-state index contributed by atoms with van der Waals surface area (Å²) in [5.41, 5.74) is 4.75. The maximum atomic E-state index is 9.02. The number of aliphatic hydroxyl groups excluding tert-OH is 1. The van der Waals surface area contributed by atoms with E-state index in [1.165, 1.54) is 16.7 Å². The van der Waals surface area contributed by atoms with Gasteiger partial charge in [-0.05, 0) is 43.4 Å². The van der Waals surface area contributed by atoms with Gasteiger partial charge in [-0.3, -0.25) is 0 Å². The van der Waals surface area contributed by atoms with Crippen LogP contribution in [0.4, 0.5) is 0 Å². The fraction of sp³-hybridized carbons (Fsp3) is 0.333. The van der Waals surface area contributed by atoms with Gasteiger partial charge in [-0.2, -0.15) is 0 Å². The van der Waals surface area contributed by atoms with E-state index in [-0.39, 0.29) is 6.61 Å². The van der Waals surface area contributed by atoms with Crippen molar-refractivity contribution in [2.45, 2.75) is 33.3 Å². The van der Waals surface area contributed by atoms with Gasteiger partial charge in [0.25, 0.3) is 0 Å². The monoisotopic (exact) mass is 270 g/mol. The molecule has 0 aromatic heterocycles. The van der Waals surface area contributed by atoms with Crippen LogP contribution in [0.1, 0.15) is 28.7 Å². The van der Waals surface area contributed by atoms with Crippen molar-refractivity contribution in [1.29, 1.82) is 0 Å².